The van der Waals surface area contributed by atoms with Crippen LogP contribution >= 0.6 is 11.6 Å². The molecule has 0 unspecified atom stereocenters. The van der Waals surface area contributed by atoms with Crippen molar-refractivity contribution in [2.75, 3.05) is 0 Å². The van der Waals surface area contributed by atoms with Crippen molar-refractivity contribution in [3.63, 3.8) is 0 Å². The minimum atomic E-state index is -0.513. The summed E-state index contributed by atoms with van der Waals surface area (Å²) in [6, 6.07) is 12.8. The predicted molar refractivity (Wildman–Crippen MR) is 74.5 cm³/mol. The Morgan fingerprint density at radius 3 is 2.47 bits per heavy atom. The predicted octanol–water partition coefficient (Wildman–Crippen LogP) is 3.83. The van der Waals surface area contributed by atoms with E-state index < -0.39 is 5.78 Å². The van der Waals surface area contributed by atoms with E-state index in [9.17, 15) is 15.0 Å². The summed E-state index contributed by atoms with van der Waals surface area (Å²) in [5.41, 5.74) is 0.576. The van der Waals surface area contributed by atoms with Crippen LogP contribution in [0.1, 0.15) is 15.9 Å². The zero-order valence-electron chi connectivity index (χ0n) is 9.88. The van der Waals surface area contributed by atoms with E-state index in [2.05, 4.69) is 0 Å². The fraction of sp³-hybridized carbons (Fsp3) is 0. The number of rotatable bonds is 3. The van der Waals surface area contributed by atoms with Gasteiger partial charge >= 0.3 is 0 Å². The second kappa shape index (κ2) is 5.59. The van der Waals surface area contributed by atoms with Crippen LogP contribution in [0.15, 0.2) is 54.6 Å². The monoisotopic (exact) mass is 274 g/mol. The number of hydrogen-bond acceptors (Lipinski definition) is 3. The van der Waals surface area contributed by atoms with E-state index in [-0.39, 0.29) is 17.1 Å². The van der Waals surface area contributed by atoms with E-state index in [1.165, 1.54) is 18.2 Å². The summed E-state index contributed by atoms with van der Waals surface area (Å²) in [5, 5.41) is 19.8. The molecule has 2 aromatic rings. The third-order valence-corrected chi connectivity index (χ3v) is 2.80. The van der Waals surface area contributed by atoms with Crippen molar-refractivity contribution in [2.45, 2.75) is 0 Å². The molecule has 0 spiro atoms. The third kappa shape index (κ3) is 3.14. The first-order chi connectivity index (χ1) is 9.08. The van der Waals surface area contributed by atoms with Gasteiger partial charge in [-0.3, -0.25) is 4.79 Å². The van der Waals surface area contributed by atoms with E-state index in [4.69, 9.17) is 11.6 Å². The Labute approximate surface area is 115 Å². The largest absolute Gasteiger partial charge is 0.507 e. The number of carbonyl (C=O) groups excluding carboxylic acids is 1. The molecule has 96 valence electrons. The average Bonchev–Trinajstić information content (AvgIpc) is 2.42. The number of hydrogen-bond donors (Lipinski definition) is 2. The molecule has 2 aromatic carbocycles. The maximum absolute atomic E-state index is 11.9. The highest BCUT2D eigenvalue weighted by atomic mass is 35.5. The molecular weight excluding hydrogens is 264 g/mol. The minimum Gasteiger partial charge on any atom is -0.507 e. The van der Waals surface area contributed by atoms with E-state index >= 15 is 0 Å². The van der Waals surface area contributed by atoms with Gasteiger partial charge in [0.2, 0.25) is 0 Å². The Bertz CT molecular complexity index is 633. The molecule has 0 bridgehead atoms. The highest BCUT2D eigenvalue weighted by Crippen LogP contribution is 2.23. The lowest BCUT2D eigenvalue weighted by Crippen LogP contribution is -1.97. The number of phenols is 1. The summed E-state index contributed by atoms with van der Waals surface area (Å²) < 4.78 is 0. The smallest absolute Gasteiger partial charge is 0.193 e. The highest BCUT2D eigenvalue weighted by molar-refractivity contribution is 6.31. The summed E-state index contributed by atoms with van der Waals surface area (Å²) in [6.07, 6.45) is 1.06. The lowest BCUT2D eigenvalue weighted by atomic mass is 10.1. The standard InChI is InChI=1S/C15H11ClO3/c16-11-6-7-13(17)12(8-11)15(19)9-14(18)10-4-2-1-3-5-10/h1-9,17-18H/b14-9-. The number of aromatic hydroxyl groups is 1. The Hall–Kier alpha value is -2.26. The van der Waals surface area contributed by atoms with Gasteiger partial charge in [-0.1, -0.05) is 41.9 Å². The fourth-order valence-corrected chi connectivity index (χ4v) is 1.77. The second-order valence-electron chi connectivity index (χ2n) is 3.92. The van der Waals surface area contributed by atoms with Gasteiger partial charge in [-0.15, -0.1) is 0 Å². The van der Waals surface area contributed by atoms with Crippen molar-refractivity contribution in [3.8, 4) is 5.75 Å². The molecule has 0 aliphatic heterocycles. The number of phenolic OH excluding ortho intramolecular Hbond substituents is 1. The van der Waals surface area contributed by atoms with Crippen LogP contribution in [0.4, 0.5) is 0 Å². The van der Waals surface area contributed by atoms with Crippen LogP contribution in [0.5, 0.6) is 5.75 Å². The lowest BCUT2D eigenvalue weighted by Gasteiger charge is -2.03. The average molecular weight is 275 g/mol. The van der Waals surface area contributed by atoms with Crippen LogP contribution in [-0.4, -0.2) is 16.0 Å². The first-order valence-electron chi connectivity index (χ1n) is 5.57. The molecule has 0 saturated carbocycles. The maximum Gasteiger partial charge on any atom is 0.193 e. The van der Waals surface area contributed by atoms with Gasteiger partial charge in [0.15, 0.2) is 5.78 Å². The van der Waals surface area contributed by atoms with Crippen LogP contribution in [0.3, 0.4) is 0 Å². The van der Waals surface area contributed by atoms with Crippen LogP contribution < -0.4 is 0 Å². The minimum absolute atomic E-state index is 0.0509. The van der Waals surface area contributed by atoms with Crippen LogP contribution in [0.25, 0.3) is 5.76 Å². The summed E-state index contributed by atoms with van der Waals surface area (Å²) >= 11 is 5.77. The van der Waals surface area contributed by atoms with Gasteiger partial charge in [0.25, 0.3) is 0 Å². The molecule has 19 heavy (non-hydrogen) atoms. The van der Waals surface area contributed by atoms with Gasteiger partial charge in [0.1, 0.15) is 11.5 Å². The molecule has 0 saturated heterocycles. The van der Waals surface area contributed by atoms with Crippen molar-refractivity contribution in [3.05, 3.63) is 70.8 Å². The zero-order valence-corrected chi connectivity index (χ0v) is 10.6. The van der Waals surface area contributed by atoms with Gasteiger partial charge in [-0.2, -0.15) is 0 Å². The molecule has 2 N–H and O–H groups in total. The molecule has 0 aliphatic carbocycles. The second-order valence-corrected chi connectivity index (χ2v) is 4.36. The number of aliphatic hydroxyl groups excluding tert-OH is 1. The van der Waals surface area contributed by atoms with Crippen molar-refractivity contribution in [2.24, 2.45) is 0 Å². The summed E-state index contributed by atoms with van der Waals surface area (Å²) in [5.74, 6) is -0.849. The number of ketones is 1. The molecule has 0 amide bonds. The van der Waals surface area contributed by atoms with Crippen molar-refractivity contribution < 1.29 is 15.0 Å². The Morgan fingerprint density at radius 2 is 1.79 bits per heavy atom. The summed E-state index contributed by atoms with van der Waals surface area (Å²) in [4.78, 5) is 11.9. The normalized spacial score (nSPS) is 11.3. The molecule has 3 nitrogen and oxygen atoms in total. The van der Waals surface area contributed by atoms with Gasteiger partial charge in [-0.05, 0) is 18.2 Å². The van der Waals surface area contributed by atoms with Gasteiger partial charge in [0.05, 0.1) is 5.56 Å². The van der Waals surface area contributed by atoms with Crippen LogP contribution in [0.2, 0.25) is 5.02 Å². The zero-order chi connectivity index (χ0) is 13.8. The van der Waals surface area contributed by atoms with Gasteiger partial charge in [0, 0.05) is 16.7 Å². The first kappa shape index (κ1) is 13.2. The lowest BCUT2D eigenvalue weighted by molar-refractivity contribution is 0.104. The highest BCUT2D eigenvalue weighted by Gasteiger charge is 2.11. The molecule has 0 radical (unpaired) electrons. The Kier molecular flexibility index (Phi) is 3.88. The van der Waals surface area contributed by atoms with E-state index in [0.717, 1.165) is 6.08 Å². The number of carbonyl (C=O) groups is 1. The van der Waals surface area contributed by atoms with E-state index in [0.29, 0.717) is 10.6 Å². The summed E-state index contributed by atoms with van der Waals surface area (Å²) in [7, 11) is 0. The molecule has 0 aliphatic rings. The van der Waals surface area contributed by atoms with Gasteiger partial charge < -0.3 is 10.2 Å². The molecular formula is C15H11ClO3. The fourth-order valence-electron chi connectivity index (χ4n) is 1.60. The number of allylic oxidation sites excluding steroid dienone is 1. The van der Waals surface area contributed by atoms with Gasteiger partial charge in [-0.25, -0.2) is 0 Å². The SMILES string of the molecule is O=C(/C=C(\O)c1ccccc1)c1cc(Cl)ccc1O. The first-order valence-corrected chi connectivity index (χ1v) is 5.94. The topological polar surface area (TPSA) is 57.5 Å². The number of halogens is 1. The Balaban J connectivity index is 2.33. The molecule has 2 rings (SSSR count). The molecule has 0 atom stereocenters. The quantitative estimate of drug-likeness (QED) is 0.508. The maximum atomic E-state index is 11.9. The van der Waals surface area contributed by atoms with Crippen LogP contribution in [-0.2, 0) is 0 Å². The Morgan fingerprint density at radius 1 is 1.11 bits per heavy atom. The van der Waals surface area contributed by atoms with E-state index in [1.807, 2.05) is 0 Å². The van der Waals surface area contributed by atoms with Crippen molar-refractivity contribution in [1.29, 1.82) is 0 Å². The number of aliphatic hydroxyl groups is 1. The van der Waals surface area contributed by atoms with Crippen LogP contribution in [0, 0.1) is 0 Å². The van der Waals surface area contributed by atoms with Crippen molar-refractivity contribution in [1.82, 2.24) is 0 Å². The summed E-state index contributed by atoms with van der Waals surface area (Å²) in [6.45, 7) is 0. The third-order valence-electron chi connectivity index (χ3n) is 2.56. The molecule has 0 fully saturated rings. The van der Waals surface area contributed by atoms with E-state index in [1.54, 1.807) is 30.3 Å². The number of benzene rings is 2. The molecule has 0 heterocycles. The molecule has 4 heteroatoms. The molecule has 0 aromatic heterocycles. The van der Waals surface area contributed by atoms with Crippen molar-refractivity contribution >= 4 is 23.1 Å².